The van der Waals surface area contributed by atoms with Gasteiger partial charge in [-0.05, 0) is 24.3 Å². The van der Waals surface area contributed by atoms with Crippen molar-refractivity contribution in [3.8, 4) is 5.75 Å². The van der Waals surface area contributed by atoms with E-state index in [-0.39, 0.29) is 0 Å². The van der Waals surface area contributed by atoms with Crippen LogP contribution in [-0.2, 0) is 4.57 Å². The van der Waals surface area contributed by atoms with Gasteiger partial charge >= 0.3 is 13.6 Å². The van der Waals surface area contributed by atoms with Crippen molar-refractivity contribution in [3.05, 3.63) is 60.7 Å². The maximum absolute atomic E-state index is 12.2. The summed E-state index contributed by atoms with van der Waals surface area (Å²) in [5, 5.41) is 4.92. The number of hydrogen-bond donors (Lipinski definition) is 2. The quantitative estimate of drug-likeness (QED) is 0.843. The van der Waals surface area contributed by atoms with Crippen LogP contribution < -0.4 is 14.9 Å². The highest BCUT2D eigenvalue weighted by Crippen LogP contribution is 2.38. The van der Waals surface area contributed by atoms with Gasteiger partial charge < -0.3 is 9.84 Å². The first kappa shape index (κ1) is 14.2. The minimum absolute atomic E-state index is 0.443. The van der Waals surface area contributed by atoms with E-state index in [0.717, 1.165) is 0 Å². The average molecular weight is 290 g/mol. The summed E-state index contributed by atoms with van der Waals surface area (Å²) in [5.41, 5.74) is 0.615. The van der Waals surface area contributed by atoms with Crippen LogP contribution in [0.15, 0.2) is 60.7 Å². The van der Waals surface area contributed by atoms with E-state index in [0.29, 0.717) is 11.4 Å². The molecule has 0 saturated heterocycles. The zero-order chi connectivity index (χ0) is 14.4. The van der Waals surface area contributed by atoms with Crippen molar-refractivity contribution >= 4 is 19.2 Å². The standard InChI is InChI=1S/C14H15N2O3P/c1-20(18,19-13-10-6-3-7-11-13)16-14(17)15-12-8-4-2-5-9-12/h2-11H,1H3,(H2,15,16,17,18)/t20-/m0/s1. The molecule has 2 rings (SSSR count). The molecule has 104 valence electrons. The molecule has 1 atom stereocenters. The van der Waals surface area contributed by atoms with Gasteiger partial charge in [-0.3, -0.25) is 9.65 Å². The van der Waals surface area contributed by atoms with Gasteiger partial charge in [-0.1, -0.05) is 36.4 Å². The summed E-state index contributed by atoms with van der Waals surface area (Å²) in [7, 11) is -3.27. The van der Waals surface area contributed by atoms with E-state index in [4.69, 9.17) is 4.52 Å². The third kappa shape index (κ3) is 4.44. The predicted molar refractivity (Wildman–Crippen MR) is 79.2 cm³/mol. The molecule has 2 aromatic carbocycles. The monoisotopic (exact) mass is 290 g/mol. The van der Waals surface area contributed by atoms with Crippen LogP contribution in [0.25, 0.3) is 0 Å². The summed E-state index contributed by atoms with van der Waals surface area (Å²) in [4.78, 5) is 11.7. The van der Waals surface area contributed by atoms with Gasteiger partial charge in [0.25, 0.3) is 0 Å². The Hall–Kier alpha value is -2.26. The molecule has 0 radical (unpaired) electrons. The van der Waals surface area contributed by atoms with E-state index in [9.17, 15) is 9.36 Å². The Bertz CT molecular complexity index is 617. The third-order valence-corrected chi connectivity index (χ3v) is 3.53. The number of amides is 2. The van der Waals surface area contributed by atoms with E-state index in [2.05, 4.69) is 10.4 Å². The molecule has 2 N–H and O–H groups in total. The molecule has 0 heterocycles. The Kier molecular flexibility index (Phi) is 4.43. The number of anilines is 1. The van der Waals surface area contributed by atoms with E-state index in [1.54, 1.807) is 48.5 Å². The van der Waals surface area contributed by atoms with Crippen LogP contribution in [0.5, 0.6) is 5.75 Å². The minimum Gasteiger partial charge on any atom is -0.429 e. The SMILES string of the molecule is C[P@@](=O)(NC(=O)Nc1ccccc1)Oc1ccccc1. The summed E-state index contributed by atoms with van der Waals surface area (Å²) in [6.45, 7) is 1.35. The van der Waals surface area contributed by atoms with E-state index in [1.807, 2.05) is 12.1 Å². The lowest BCUT2D eigenvalue weighted by atomic mass is 10.3. The summed E-state index contributed by atoms with van der Waals surface area (Å²) < 4.78 is 17.5. The third-order valence-electron chi connectivity index (χ3n) is 2.36. The van der Waals surface area contributed by atoms with Crippen LogP contribution in [0, 0.1) is 0 Å². The number of benzene rings is 2. The van der Waals surface area contributed by atoms with Crippen molar-refractivity contribution in [1.82, 2.24) is 5.09 Å². The van der Waals surface area contributed by atoms with Gasteiger partial charge in [0.05, 0.1) is 0 Å². The topological polar surface area (TPSA) is 67.4 Å². The van der Waals surface area contributed by atoms with Gasteiger partial charge in [0.1, 0.15) is 5.75 Å². The van der Waals surface area contributed by atoms with Gasteiger partial charge in [0, 0.05) is 12.4 Å². The van der Waals surface area contributed by atoms with Crippen LogP contribution in [-0.4, -0.2) is 12.7 Å². The molecule has 2 amide bonds. The Morgan fingerprint density at radius 1 is 1.00 bits per heavy atom. The van der Waals surface area contributed by atoms with Crippen LogP contribution in [0.3, 0.4) is 0 Å². The molecule has 0 fully saturated rings. The summed E-state index contributed by atoms with van der Waals surface area (Å²) in [6.07, 6.45) is 0. The maximum Gasteiger partial charge on any atom is 0.341 e. The fourth-order valence-corrected chi connectivity index (χ4v) is 2.56. The van der Waals surface area contributed by atoms with Crippen LogP contribution in [0.2, 0.25) is 0 Å². The first-order valence-corrected chi connectivity index (χ1v) is 8.09. The van der Waals surface area contributed by atoms with Gasteiger partial charge in [-0.15, -0.1) is 0 Å². The highest BCUT2D eigenvalue weighted by molar-refractivity contribution is 7.57. The molecule has 0 aliphatic heterocycles. The second-order valence-corrected chi connectivity index (χ2v) is 6.28. The molecule has 5 nitrogen and oxygen atoms in total. The largest absolute Gasteiger partial charge is 0.429 e. The average Bonchev–Trinajstić information content (AvgIpc) is 2.39. The van der Waals surface area contributed by atoms with Crippen LogP contribution >= 0.6 is 7.52 Å². The molecule has 0 aliphatic rings. The van der Waals surface area contributed by atoms with E-state index < -0.39 is 13.6 Å². The maximum atomic E-state index is 12.2. The Balaban J connectivity index is 1.94. The fourth-order valence-electron chi connectivity index (χ4n) is 1.57. The number of urea groups is 1. The van der Waals surface area contributed by atoms with Gasteiger partial charge in [-0.25, -0.2) is 4.79 Å². The molecule has 0 saturated carbocycles. The number of carbonyl (C=O) groups is 1. The summed E-state index contributed by atoms with van der Waals surface area (Å²) in [5.74, 6) is 0.443. The number of nitrogens with one attached hydrogen (secondary N) is 2. The van der Waals surface area contributed by atoms with Crippen molar-refractivity contribution in [2.75, 3.05) is 12.0 Å². The minimum atomic E-state index is -3.27. The molecule has 20 heavy (non-hydrogen) atoms. The molecule has 2 aromatic rings. The molecule has 0 aliphatic carbocycles. The lowest BCUT2D eigenvalue weighted by Gasteiger charge is -2.16. The normalized spacial score (nSPS) is 13.1. The smallest absolute Gasteiger partial charge is 0.341 e. The number of carbonyl (C=O) groups excluding carboxylic acids is 1. The summed E-state index contributed by atoms with van der Waals surface area (Å²) in [6, 6.07) is 17.0. The molecule has 6 heteroatoms. The Labute approximate surface area is 117 Å². The van der Waals surface area contributed by atoms with Crippen LogP contribution in [0.1, 0.15) is 0 Å². The van der Waals surface area contributed by atoms with Crippen molar-refractivity contribution in [2.24, 2.45) is 0 Å². The van der Waals surface area contributed by atoms with E-state index in [1.165, 1.54) is 6.66 Å². The zero-order valence-corrected chi connectivity index (χ0v) is 11.8. The van der Waals surface area contributed by atoms with Crippen molar-refractivity contribution in [2.45, 2.75) is 0 Å². The lowest BCUT2D eigenvalue weighted by Crippen LogP contribution is -2.27. The first-order chi connectivity index (χ1) is 9.55. The second kappa shape index (κ2) is 6.26. The van der Waals surface area contributed by atoms with Crippen molar-refractivity contribution in [3.63, 3.8) is 0 Å². The van der Waals surface area contributed by atoms with Gasteiger partial charge in [0.15, 0.2) is 0 Å². The highest BCUT2D eigenvalue weighted by atomic mass is 31.2. The molecular weight excluding hydrogens is 275 g/mol. The van der Waals surface area contributed by atoms with Gasteiger partial charge in [0.2, 0.25) is 0 Å². The number of para-hydroxylation sites is 2. The Morgan fingerprint density at radius 3 is 2.15 bits per heavy atom. The molecule has 0 unspecified atom stereocenters. The highest BCUT2D eigenvalue weighted by Gasteiger charge is 2.20. The lowest BCUT2D eigenvalue weighted by molar-refractivity contribution is 0.255. The predicted octanol–water partition coefficient (Wildman–Crippen LogP) is 3.71. The second-order valence-electron chi connectivity index (χ2n) is 4.18. The summed E-state index contributed by atoms with van der Waals surface area (Å²) >= 11 is 0. The molecule has 0 spiro atoms. The van der Waals surface area contributed by atoms with Gasteiger partial charge in [-0.2, -0.15) is 0 Å². The Morgan fingerprint density at radius 2 is 1.55 bits per heavy atom. The van der Waals surface area contributed by atoms with Crippen LogP contribution in [0.4, 0.5) is 10.5 Å². The molecule has 0 bridgehead atoms. The van der Waals surface area contributed by atoms with Crippen molar-refractivity contribution < 1.29 is 13.9 Å². The first-order valence-electron chi connectivity index (χ1n) is 6.02. The zero-order valence-electron chi connectivity index (χ0n) is 10.9. The van der Waals surface area contributed by atoms with Crippen molar-refractivity contribution in [1.29, 1.82) is 0 Å². The van der Waals surface area contributed by atoms with E-state index >= 15 is 0 Å². The molecular formula is C14H15N2O3P. The fraction of sp³-hybridized carbons (Fsp3) is 0.0714. The molecule has 0 aromatic heterocycles. The number of rotatable bonds is 4. The number of hydrogen-bond acceptors (Lipinski definition) is 3.